The fourth-order valence-corrected chi connectivity index (χ4v) is 4.18. The summed E-state index contributed by atoms with van der Waals surface area (Å²) in [6.45, 7) is 6.22. The number of benzene rings is 2. The Balaban J connectivity index is 1.78. The first kappa shape index (κ1) is 25.1. The summed E-state index contributed by atoms with van der Waals surface area (Å²) in [5.41, 5.74) is 1.83. The molecule has 1 N–H and O–H groups in total. The summed E-state index contributed by atoms with van der Waals surface area (Å²) in [4.78, 5) is 32.3. The van der Waals surface area contributed by atoms with E-state index in [-0.39, 0.29) is 30.3 Å². The Morgan fingerprint density at radius 3 is 2.50 bits per heavy atom. The summed E-state index contributed by atoms with van der Waals surface area (Å²) in [6, 6.07) is 13.3. The average molecular weight is 492 g/mol. The maximum atomic E-state index is 13.4. The number of aliphatic hydroxyl groups excluding tert-OH is 1. The topological polar surface area (TPSA) is 115 Å². The third-order valence-corrected chi connectivity index (χ3v) is 5.78. The van der Waals surface area contributed by atoms with Crippen LogP contribution >= 0.6 is 0 Å². The molecule has 0 saturated carbocycles. The van der Waals surface area contributed by atoms with Crippen LogP contribution in [0.25, 0.3) is 11.5 Å². The maximum absolute atomic E-state index is 13.4. The van der Waals surface area contributed by atoms with Gasteiger partial charge in [0.25, 0.3) is 11.8 Å². The molecule has 1 aliphatic heterocycles. The zero-order chi connectivity index (χ0) is 25.8. The van der Waals surface area contributed by atoms with Crippen molar-refractivity contribution < 1.29 is 28.7 Å². The Labute approximate surface area is 209 Å². The van der Waals surface area contributed by atoms with Gasteiger partial charge >= 0.3 is 0 Å². The van der Waals surface area contributed by atoms with Gasteiger partial charge in [-0.1, -0.05) is 37.2 Å². The molecule has 3 aromatic rings. The molecule has 2 heterocycles. The van der Waals surface area contributed by atoms with E-state index in [0.717, 1.165) is 0 Å². The van der Waals surface area contributed by atoms with Crippen molar-refractivity contribution in [3.8, 4) is 17.2 Å². The van der Waals surface area contributed by atoms with E-state index in [1.165, 1.54) is 4.90 Å². The lowest BCUT2D eigenvalue weighted by Gasteiger charge is -2.28. The minimum atomic E-state index is -0.862. The third kappa shape index (κ3) is 5.01. The van der Waals surface area contributed by atoms with Crippen LogP contribution in [0.2, 0.25) is 0 Å². The van der Waals surface area contributed by atoms with Gasteiger partial charge in [0.2, 0.25) is 0 Å². The summed E-state index contributed by atoms with van der Waals surface area (Å²) < 4.78 is 16.3. The molecule has 188 valence electrons. The molecule has 0 bridgehead atoms. The largest absolute Gasteiger partial charge is 0.503 e. The third-order valence-electron chi connectivity index (χ3n) is 5.78. The van der Waals surface area contributed by atoms with E-state index in [2.05, 4.69) is 10.1 Å². The summed E-state index contributed by atoms with van der Waals surface area (Å²) >= 11 is 0. The molecule has 1 amide bonds. The van der Waals surface area contributed by atoms with Gasteiger partial charge in [-0.05, 0) is 43.2 Å². The number of carbonyl (C=O) groups excluding carboxylic acids is 2. The minimum absolute atomic E-state index is 0.0490. The van der Waals surface area contributed by atoms with Crippen molar-refractivity contribution in [3.63, 3.8) is 0 Å². The van der Waals surface area contributed by atoms with Crippen molar-refractivity contribution in [2.75, 3.05) is 25.2 Å². The number of methoxy groups -OCH3 is 1. The maximum Gasteiger partial charge on any atom is 0.294 e. The summed E-state index contributed by atoms with van der Waals surface area (Å²) in [6.07, 6.45) is 0.194. The van der Waals surface area contributed by atoms with Crippen LogP contribution in [0.15, 0.2) is 64.4 Å². The van der Waals surface area contributed by atoms with Crippen LogP contribution in [-0.4, -0.2) is 47.3 Å². The molecule has 0 fully saturated rings. The highest BCUT2D eigenvalue weighted by Crippen LogP contribution is 2.44. The number of para-hydroxylation sites is 1. The van der Waals surface area contributed by atoms with Gasteiger partial charge in [0.1, 0.15) is 12.4 Å². The second-order valence-electron chi connectivity index (χ2n) is 8.93. The number of ether oxygens (including phenoxy) is 2. The molecule has 0 radical (unpaired) electrons. The minimum Gasteiger partial charge on any atom is -0.503 e. The SMILES string of the molecule is COCCOc1ccccc1C1C(C(=O)CC(C)C)=C(O)C(=O)N1c1ccc(-c2nc(C)no2)cc1. The Morgan fingerprint density at radius 2 is 1.86 bits per heavy atom. The predicted octanol–water partition coefficient (Wildman–Crippen LogP) is 4.59. The lowest BCUT2D eigenvalue weighted by Crippen LogP contribution is -2.31. The number of carbonyl (C=O) groups is 2. The quantitative estimate of drug-likeness (QED) is 0.410. The molecule has 2 aromatic carbocycles. The van der Waals surface area contributed by atoms with Crippen LogP contribution in [0.5, 0.6) is 5.75 Å². The van der Waals surface area contributed by atoms with Crippen LogP contribution in [0.4, 0.5) is 5.69 Å². The number of rotatable bonds is 10. The Bertz CT molecular complexity index is 1280. The van der Waals surface area contributed by atoms with Crippen LogP contribution < -0.4 is 9.64 Å². The molecule has 0 saturated heterocycles. The lowest BCUT2D eigenvalue weighted by atomic mass is 9.91. The number of Topliss-reactive ketones (excluding diaryl/α,β-unsaturated/α-hetero) is 1. The first-order valence-corrected chi connectivity index (χ1v) is 11.7. The van der Waals surface area contributed by atoms with Gasteiger partial charge in [-0.3, -0.25) is 14.5 Å². The van der Waals surface area contributed by atoms with Crippen LogP contribution in [0.3, 0.4) is 0 Å². The summed E-state index contributed by atoms with van der Waals surface area (Å²) in [5.74, 6) is -0.0692. The standard InChI is InChI=1S/C27H29N3O6/c1-16(2)15-21(31)23-24(20-7-5-6-8-22(20)35-14-13-34-4)30(27(33)25(23)32)19-11-9-18(10-12-19)26-28-17(3)29-36-26/h5-12,16,24,32H,13-15H2,1-4H3. The van der Waals surface area contributed by atoms with Crippen molar-refractivity contribution in [1.29, 1.82) is 0 Å². The smallest absolute Gasteiger partial charge is 0.294 e. The highest BCUT2D eigenvalue weighted by atomic mass is 16.5. The predicted molar refractivity (Wildman–Crippen MR) is 133 cm³/mol. The summed E-state index contributed by atoms with van der Waals surface area (Å²) in [7, 11) is 1.58. The molecule has 0 aliphatic carbocycles. The van der Waals surface area contributed by atoms with E-state index in [9.17, 15) is 14.7 Å². The number of anilines is 1. The van der Waals surface area contributed by atoms with Crippen LogP contribution in [-0.2, 0) is 14.3 Å². The van der Waals surface area contributed by atoms with Crippen molar-refractivity contribution in [2.45, 2.75) is 33.2 Å². The fraction of sp³-hybridized carbons (Fsp3) is 0.333. The monoisotopic (exact) mass is 491 g/mol. The molecular formula is C27H29N3O6. The van der Waals surface area contributed by atoms with Crippen molar-refractivity contribution >= 4 is 17.4 Å². The van der Waals surface area contributed by atoms with Gasteiger partial charge < -0.3 is 19.1 Å². The van der Waals surface area contributed by atoms with Crippen molar-refractivity contribution in [3.05, 3.63) is 71.3 Å². The molecule has 1 aromatic heterocycles. The number of aryl methyl sites for hydroxylation is 1. The molecule has 4 rings (SSSR count). The number of hydrogen-bond acceptors (Lipinski definition) is 8. The summed E-state index contributed by atoms with van der Waals surface area (Å²) in [5, 5.41) is 14.7. The lowest BCUT2D eigenvalue weighted by molar-refractivity contribution is -0.118. The number of aromatic nitrogens is 2. The zero-order valence-corrected chi connectivity index (χ0v) is 20.7. The Hall–Kier alpha value is -3.98. The molecule has 1 aliphatic rings. The van der Waals surface area contributed by atoms with Crippen molar-refractivity contribution in [2.24, 2.45) is 5.92 Å². The molecule has 36 heavy (non-hydrogen) atoms. The van der Waals surface area contributed by atoms with Gasteiger partial charge in [-0.2, -0.15) is 4.98 Å². The highest BCUT2D eigenvalue weighted by molar-refractivity contribution is 6.16. The van der Waals surface area contributed by atoms with Gasteiger partial charge in [-0.15, -0.1) is 0 Å². The fourth-order valence-electron chi connectivity index (χ4n) is 4.18. The van der Waals surface area contributed by atoms with Gasteiger partial charge in [0, 0.05) is 30.3 Å². The van der Waals surface area contributed by atoms with Gasteiger partial charge in [-0.25, -0.2) is 0 Å². The number of aliphatic hydroxyl groups is 1. The van der Waals surface area contributed by atoms with E-state index >= 15 is 0 Å². The molecule has 1 unspecified atom stereocenters. The molecule has 9 nitrogen and oxygen atoms in total. The number of ketones is 1. The highest BCUT2D eigenvalue weighted by Gasteiger charge is 2.45. The van der Waals surface area contributed by atoms with E-state index < -0.39 is 17.7 Å². The Morgan fingerprint density at radius 1 is 1.14 bits per heavy atom. The number of hydrogen-bond donors (Lipinski definition) is 1. The van der Waals surface area contributed by atoms with E-state index in [1.54, 1.807) is 50.4 Å². The first-order chi connectivity index (χ1) is 17.3. The first-order valence-electron chi connectivity index (χ1n) is 11.7. The molecule has 9 heteroatoms. The van der Waals surface area contributed by atoms with E-state index in [1.807, 2.05) is 26.0 Å². The average Bonchev–Trinajstić information content (AvgIpc) is 3.40. The molecule has 0 spiro atoms. The van der Waals surface area contributed by atoms with Gasteiger partial charge in [0.05, 0.1) is 18.2 Å². The van der Waals surface area contributed by atoms with E-state index in [0.29, 0.717) is 40.9 Å². The van der Waals surface area contributed by atoms with Crippen molar-refractivity contribution in [1.82, 2.24) is 10.1 Å². The van der Waals surface area contributed by atoms with E-state index in [4.69, 9.17) is 14.0 Å². The number of nitrogens with zero attached hydrogens (tertiary/aromatic N) is 3. The second-order valence-corrected chi connectivity index (χ2v) is 8.93. The Kier molecular flexibility index (Phi) is 7.49. The van der Waals surface area contributed by atoms with Crippen LogP contribution in [0.1, 0.15) is 37.7 Å². The zero-order valence-electron chi connectivity index (χ0n) is 20.7. The molecular weight excluding hydrogens is 462 g/mol. The second kappa shape index (κ2) is 10.7. The molecule has 1 atom stereocenters. The number of amides is 1. The normalized spacial score (nSPS) is 15.8. The van der Waals surface area contributed by atoms with Gasteiger partial charge in [0.15, 0.2) is 17.4 Å². The van der Waals surface area contributed by atoms with Crippen LogP contribution in [0, 0.1) is 12.8 Å².